The molecule has 0 bridgehead atoms. The number of nitrogens with one attached hydrogen (secondary N) is 2. The monoisotopic (exact) mass is 442 g/mol. The zero-order chi connectivity index (χ0) is 22.4. The summed E-state index contributed by atoms with van der Waals surface area (Å²) in [5.41, 5.74) is 5.61. The van der Waals surface area contributed by atoms with Gasteiger partial charge in [0, 0.05) is 13.0 Å². The summed E-state index contributed by atoms with van der Waals surface area (Å²) < 4.78 is 12.2. The predicted octanol–water partition coefficient (Wildman–Crippen LogP) is 1.72. The Kier molecular flexibility index (Phi) is 7.14. The molecule has 3 aromatic rings. The first-order chi connectivity index (χ1) is 14.9. The summed E-state index contributed by atoms with van der Waals surface area (Å²) in [5, 5.41) is 0.743. The standard InChI is InChI=1S/C21H22N4O5S/c1-13(26)23-24-19(27)12-31-21-22-16-10-18(30-3)17(29-2)9-15(16)20(28)25(21)11-14-7-5-4-6-8-14/h4-10H,11-12H2,1-3H3,(H,23,26)(H,24,27). The molecule has 0 saturated heterocycles. The van der Waals surface area contributed by atoms with Gasteiger partial charge >= 0.3 is 0 Å². The summed E-state index contributed by atoms with van der Waals surface area (Å²) in [6.07, 6.45) is 0. The quantitative estimate of drug-likeness (QED) is 0.326. The largest absolute Gasteiger partial charge is 0.493 e. The van der Waals surface area contributed by atoms with E-state index < -0.39 is 5.91 Å². The van der Waals surface area contributed by atoms with Gasteiger partial charge < -0.3 is 9.47 Å². The lowest BCUT2D eigenvalue weighted by atomic mass is 10.2. The summed E-state index contributed by atoms with van der Waals surface area (Å²) in [4.78, 5) is 40.9. The molecule has 0 saturated carbocycles. The van der Waals surface area contributed by atoms with Crippen molar-refractivity contribution in [3.05, 3.63) is 58.4 Å². The molecule has 0 atom stereocenters. The maximum Gasteiger partial charge on any atom is 0.262 e. The zero-order valence-electron chi connectivity index (χ0n) is 17.3. The van der Waals surface area contributed by atoms with Crippen molar-refractivity contribution >= 4 is 34.5 Å². The van der Waals surface area contributed by atoms with Gasteiger partial charge in [-0.1, -0.05) is 42.1 Å². The number of aromatic nitrogens is 2. The van der Waals surface area contributed by atoms with Crippen LogP contribution >= 0.6 is 11.8 Å². The van der Waals surface area contributed by atoms with Crippen LogP contribution in [0, 0.1) is 0 Å². The lowest BCUT2D eigenvalue weighted by Crippen LogP contribution is -2.41. The highest BCUT2D eigenvalue weighted by Gasteiger charge is 2.17. The van der Waals surface area contributed by atoms with Gasteiger partial charge in [-0.25, -0.2) is 4.98 Å². The van der Waals surface area contributed by atoms with E-state index >= 15 is 0 Å². The third-order valence-corrected chi connectivity index (χ3v) is 5.29. The Morgan fingerprint density at radius 3 is 2.39 bits per heavy atom. The molecule has 0 aliphatic heterocycles. The highest BCUT2D eigenvalue weighted by Crippen LogP contribution is 2.31. The Morgan fingerprint density at radius 1 is 1.06 bits per heavy atom. The maximum absolute atomic E-state index is 13.3. The number of thioether (sulfide) groups is 1. The second-order valence-corrected chi connectivity index (χ2v) is 7.46. The van der Waals surface area contributed by atoms with Crippen molar-refractivity contribution in [1.29, 1.82) is 0 Å². The number of hydrogen-bond acceptors (Lipinski definition) is 7. The number of rotatable bonds is 7. The number of carbonyl (C=O) groups is 2. The molecule has 0 radical (unpaired) electrons. The number of nitrogens with zero attached hydrogens (tertiary/aromatic N) is 2. The Balaban J connectivity index is 2.04. The topological polar surface area (TPSA) is 112 Å². The van der Waals surface area contributed by atoms with E-state index in [0.717, 1.165) is 17.3 Å². The molecule has 1 aromatic heterocycles. The SMILES string of the molecule is COc1cc2nc(SCC(=O)NNC(C)=O)n(Cc3ccccc3)c(=O)c2cc1OC. The van der Waals surface area contributed by atoms with Crippen LogP contribution in [0.2, 0.25) is 0 Å². The van der Waals surface area contributed by atoms with Crippen molar-refractivity contribution in [3.8, 4) is 11.5 Å². The van der Waals surface area contributed by atoms with Gasteiger partial charge in [-0.3, -0.25) is 29.8 Å². The normalized spacial score (nSPS) is 10.5. The van der Waals surface area contributed by atoms with Gasteiger partial charge in [-0.15, -0.1) is 0 Å². The molecular weight excluding hydrogens is 420 g/mol. The van der Waals surface area contributed by atoms with Crippen LogP contribution in [0.3, 0.4) is 0 Å². The molecule has 10 heteroatoms. The van der Waals surface area contributed by atoms with Crippen molar-refractivity contribution in [2.75, 3.05) is 20.0 Å². The van der Waals surface area contributed by atoms with E-state index in [1.165, 1.54) is 25.7 Å². The summed E-state index contributed by atoms with van der Waals surface area (Å²) in [7, 11) is 3.00. The van der Waals surface area contributed by atoms with Crippen LogP contribution in [0.4, 0.5) is 0 Å². The highest BCUT2D eigenvalue weighted by atomic mass is 32.2. The summed E-state index contributed by atoms with van der Waals surface area (Å²) in [6.45, 7) is 1.57. The van der Waals surface area contributed by atoms with Gasteiger partial charge in [0.25, 0.3) is 5.56 Å². The number of ether oxygens (including phenoxy) is 2. The van der Waals surface area contributed by atoms with E-state index in [-0.39, 0.29) is 23.8 Å². The summed E-state index contributed by atoms with van der Waals surface area (Å²) in [5.74, 6) is 0.0231. The number of fused-ring (bicyclic) bond motifs is 1. The number of hydrazine groups is 1. The predicted molar refractivity (Wildman–Crippen MR) is 117 cm³/mol. The molecule has 2 N–H and O–H groups in total. The minimum absolute atomic E-state index is 0.0414. The Morgan fingerprint density at radius 2 is 1.74 bits per heavy atom. The average Bonchev–Trinajstić information content (AvgIpc) is 2.78. The van der Waals surface area contributed by atoms with Crippen LogP contribution in [0.25, 0.3) is 10.9 Å². The van der Waals surface area contributed by atoms with Gasteiger partial charge in [0.15, 0.2) is 16.7 Å². The summed E-state index contributed by atoms with van der Waals surface area (Å²) >= 11 is 1.09. The number of carbonyl (C=O) groups excluding carboxylic acids is 2. The van der Waals surface area contributed by atoms with Crippen molar-refractivity contribution in [2.24, 2.45) is 0 Å². The number of amides is 2. The third-order valence-electron chi connectivity index (χ3n) is 4.32. The molecule has 3 rings (SSSR count). The molecule has 2 aromatic carbocycles. The van der Waals surface area contributed by atoms with E-state index in [1.807, 2.05) is 30.3 Å². The minimum atomic E-state index is -0.423. The molecular formula is C21H22N4O5S. The van der Waals surface area contributed by atoms with Crippen LogP contribution in [0.15, 0.2) is 52.4 Å². The first kappa shape index (κ1) is 22.2. The maximum atomic E-state index is 13.3. The molecule has 0 fully saturated rings. The molecule has 162 valence electrons. The van der Waals surface area contributed by atoms with Gasteiger partial charge in [0.1, 0.15) is 0 Å². The first-order valence-corrected chi connectivity index (χ1v) is 10.3. The lowest BCUT2D eigenvalue weighted by Gasteiger charge is -2.15. The van der Waals surface area contributed by atoms with Crippen molar-refractivity contribution in [2.45, 2.75) is 18.6 Å². The van der Waals surface area contributed by atoms with Gasteiger partial charge in [0.05, 0.1) is 37.4 Å². The third kappa shape index (κ3) is 5.34. The van der Waals surface area contributed by atoms with E-state index in [0.29, 0.717) is 27.6 Å². The fraction of sp³-hybridized carbons (Fsp3) is 0.238. The number of hydrogen-bond donors (Lipinski definition) is 2. The second-order valence-electron chi connectivity index (χ2n) is 6.51. The fourth-order valence-corrected chi connectivity index (χ4v) is 3.67. The van der Waals surface area contributed by atoms with Crippen LogP contribution < -0.4 is 25.9 Å². The summed E-state index contributed by atoms with van der Waals surface area (Å²) in [6, 6.07) is 12.7. The average molecular weight is 442 g/mol. The second kappa shape index (κ2) is 9.98. The van der Waals surface area contributed by atoms with Crippen molar-refractivity contribution in [3.63, 3.8) is 0 Å². The molecule has 1 heterocycles. The van der Waals surface area contributed by atoms with Crippen LogP contribution in [0.5, 0.6) is 11.5 Å². The fourth-order valence-electron chi connectivity index (χ4n) is 2.87. The number of methoxy groups -OCH3 is 2. The Hall–Kier alpha value is -3.53. The Bertz CT molecular complexity index is 1160. The van der Waals surface area contributed by atoms with Crippen LogP contribution in [-0.4, -0.2) is 41.3 Å². The van der Waals surface area contributed by atoms with Gasteiger partial charge in [-0.2, -0.15) is 0 Å². The molecule has 0 unspecified atom stereocenters. The minimum Gasteiger partial charge on any atom is -0.493 e. The molecule has 0 spiro atoms. The molecule has 0 aliphatic rings. The molecule has 0 aliphatic carbocycles. The van der Waals surface area contributed by atoms with E-state index in [2.05, 4.69) is 15.8 Å². The Labute approximate surface area is 182 Å². The van der Waals surface area contributed by atoms with E-state index in [1.54, 1.807) is 12.1 Å². The van der Waals surface area contributed by atoms with E-state index in [9.17, 15) is 14.4 Å². The van der Waals surface area contributed by atoms with Crippen molar-refractivity contribution in [1.82, 2.24) is 20.4 Å². The van der Waals surface area contributed by atoms with Crippen LogP contribution in [0.1, 0.15) is 12.5 Å². The smallest absolute Gasteiger partial charge is 0.262 e. The van der Waals surface area contributed by atoms with E-state index in [4.69, 9.17) is 9.47 Å². The first-order valence-electron chi connectivity index (χ1n) is 9.31. The van der Waals surface area contributed by atoms with Crippen LogP contribution in [-0.2, 0) is 16.1 Å². The highest BCUT2D eigenvalue weighted by molar-refractivity contribution is 7.99. The molecule has 9 nitrogen and oxygen atoms in total. The molecule has 31 heavy (non-hydrogen) atoms. The number of benzene rings is 2. The van der Waals surface area contributed by atoms with Crippen molar-refractivity contribution < 1.29 is 19.1 Å². The van der Waals surface area contributed by atoms with Gasteiger partial charge in [-0.05, 0) is 11.6 Å². The zero-order valence-corrected chi connectivity index (χ0v) is 18.1. The van der Waals surface area contributed by atoms with Gasteiger partial charge in [0.2, 0.25) is 11.8 Å². The lowest BCUT2D eigenvalue weighted by molar-refractivity contribution is -0.126. The molecule has 2 amide bonds.